The SMILES string of the molecule is CCC(C)c1ccc(NS(=O)(=O)c2ccc(-n3c(=O)c(C(C)C)c(C)n3C)cc2)cc1. The highest BCUT2D eigenvalue weighted by atomic mass is 32.2. The minimum absolute atomic E-state index is 0.0786. The Balaban J connectivity index is 1.88. The van der Waals surface area contributed by atoms with Gasteiger partial charge in [0.05, 0.1) is 10.6 Å². The van der Waals surface area contributed by atoms with E-state index in [2.05, 4.69) is 18.6 Å². The van der Waals surface area contributed by atoms with Gasteiger partial charge in [-0.25, -0.2) is 13.1 Å². The molecule has 7 heteroatoms. The van der Waals surface area contributed by atoms with Gasteiger partial charge >= 0.3 is 0 Å². The van der Waals surface area contributed by atoms with E-state index in [-0.39, 0.29) is 16.4 Å². The van der Waals surface area contributed by atoms with Gasteiger partial charge in [0.25, 0.3) is 15.6 Å². The van der Waals surface area contributed by atoms with Gasteiger partial charge in [0, 0.05) is 24.0 Å². The zero-order valence-corrected chi connectivity index (χ0v) is 19.8. The van der Waals surface area contributed by atoms with Crippen LogP contribution in [0.5, 0.6) is 0 Å². The smallest absolute Gasteiger partial charge is 0.275 e. The van der Waals surface area contributed by atoms with Gasteiger partial charge in [-0.05, 0) is 67.1 Å². The molecule has 2 aromatic carbocycles. The maximum atomic E-state index is 12.9. The zero-order chi connectivity index (χ0) is 22.9. The molecule has 31 heavy (non-hydrogen) atoms. The fraction of sp³-hybridized carbons (Fsp3) is 0.375. The third-order valence-corrected chi connectivity index (χ3v) is 7.31. The van der Waals surface area contributed by atoms with Crippen LogP contribution < -0.4 is 10.3 Å². The van der Waals surface area contributed by atoms with Crippen molar-refractivity contribution in [1.82, 2.24) is 9.36 Å². The Labute approximate surface area is 184 Å². The normalized spacial score (nSPS) is 12.9. The number of rotatable bonds is 7. The molecule has 0 saturated carbocycles. The lowest BCUT2D eigenvalue weighted by Crippen LogP contribution is -2.21. The largest absolute Gasteiger partial charge is 0.285 e. The van der Waals surface area contributed by atoms with Crippen LogP contribution in [0.2, 0.25) is 0 Å². The maximum Gasteiger partial charge on any atom is 0.275 e. The zero-order valence-electron chi connectivity index (χ0n) is 19.0. The number of sulfonamides is 1. The van der Waals surface area contributed by atoms with Crippen LogP contribution in [0.4, 0.5) is 5.69 Å². The van der Waals surface area contributed by atoms with Crippen molar-refractivity contribution in [2.24, 2.45) is 7.05 Å². The number of hydrogen-bond donors (Lipinski definition) is 1. The second kappa shape index (κ2) is 8.75. The van der Waals surface area contributed by atoms with Crippen molar-refractivity contribution < 1.29 is 8.42 Å². The van der Waals surface area contributed by atoms with Crippen LogP contribution in [0.3, 0.4) is 0 Å². The molecule has 166 valence electrons. The lowest BCUT2D eigenvalue weighted by atomic mass is 9.99. The molecule has 0 amide bonds. The van der Waals surface area contributed by atoms with Crippen LogP contribution in [-0.4, -0.2) is 17.8 Å². The molecule has 0 fully saturated rings. The average Bonchev–Trinajstić information content (AvgIpc) is 2.96. The highest BCUT2D eigenvalue weighted by Crippen LogP contribution is 2.23. The van der Waals surface area contributed by atoms with Crippen molar-refractivity contribution in [3.8, 4) is 5.69 Å². The molecule has 0 aliphatic rings. The topological polar surface area (TPSA) is 73.1 Å². The third-order valence-electron chi connectivity index (χ3n) is 5.91. The molecular weight excluding hydrogens is 410 g/mol. The summed E-state index contributed by atoms with van der Waals surface area (Å²) in [6.45, 7) is 10.2. The Morgan fingerprint density at radius 2 is 1.55 bits per heavy atom. The van der Waals surface area contributed by atoms with E-state index >= 15 is 0 Å². The summed E-state index contributed by atoms with van der Waals surface area (Å²) in [7, 11) is -1.90. The number of anilines is 1. The van der Waals surface area contributed by atoms with E-state index in [0.717, 1.165) is 17.7 Å². The van der Waals surface area contributed by atoms with Crippen molar-refractivity contribution in [3.63, 3.8) is 0 Å². The van der Waals surface area contributed by atoms with Gasteiger partial charge in [0.15, 0.2) is 0 Å². The fourth-order valence-corrected chi connectivity index (χ4v) is 4.84. The highest BCUT2D eigenvalue weighted by Gasteiger charge is 2.19. The Bertz CT molecular complexity index is 1220. The Morgan fingerprint density at radius 3 is 2.03 bits per heavy atom. The summed E-state index contributed by atoms with van der Waals surface area (Å²) in [5, 5.41) is 0. The monoisotopic (exact) mass is 441 g/mol. The van der Waals surface area contributed by atoms with Crippen LogP contribution in [-0.2, 0) is 17.1 Å². The summed E-state index contributed by atoms with van der Waals surface area (Å²) in [5.41, 5.74) is 3.91. The van der Waals surface area contributed by atoms with Gasteiger partial charge in [-0.3, -0.25) is 14.2 Å². The molecule has 0 saturated heterocycles. The molecule has 1 heterocycles. The molecule has 6 nitrogen and oxygen atoms in total. The molecule has 1 N–H and O–H groups in total. The second-order valence-electron chi connectivity index (χ2n) is 8.33. The summed E-state index contributed by atoms with van der Waals surface area (Å²) >= 11 is 0. The minimum atomic E-state index is -3.73. The molecule has 0 spiro atoms. The van der Waals surface area contributed by atoms with Crippen molar-refractivity contribution >= 4 is 15.7 Å². The lowest BCUT2D eigenvalue weighted by Gasteiger charge is -2.12. The molecule has 3 rings (SSSR count). The summed E-state index contributed by atoms with van der Waals surface area (Å²) in [5.74, 6) is 0.537. The molecule has 1 unspecified atom stereocenters. The Morgan fingerprint density at radius 1 is 0.968 bits per heavy atom. The number of aromatic nitrogens is 2. The van der Waals surface area contributed by atoms with Crippen LogP contribution in [0.1, 0.15) is 62.8 Å². The molecule has 0 aliphatic heterocycles. The maximum absolute atomic E-state index is 12.9. The van der Waals surface area contributed by atoms with Crippen LogP contribution in [0.15, 0.2) is 58.2 Å². The summed E-state index contributed by atoms with van der Waals surface area (Å²) in [4.78, 5) is 13.0. The highest BCUT2D eigenvalue weighted by molar-refractivity contribution is 7.92. The van der Waals surface area contributed by atoms with Crippen LogP contribution in [0, 0.1) is 6.92 Å². The molecule has 3 aromatic rings. The summed E-state index contributed by atoms with van der Waals surface area (Å²) in [6.07, 6.45) is 1.03. The lowest BCUT2D eigenvalue weighted by molar-refractivity contribution is 0.601. The first-order valence-corrected chi connectivity index (χ1v) is 12.1. The van der Waals surface area contributed by atoms with Gasteiger partial charge in [0.2, 0.25) is 0 Å². The van der Waals surface area contributed by atoms with Crippen LogP contribution in [0.25, 0.3) is 5.69 Å². The Kier molecular flexibility index (Phi) is 6.46. The molecule has 0 bridgehead atoms. The summed E-state index contributed by atoms with van der Waals surface area (Å²) < 4.78 is 31.6. The van der Waals surface area contributed by atoms with Gasteiger partial charge < -0.3 is 0 Å². The molecule has 0 aliphatic carbocycles. The number of hydrogen-bond acceptors (Lipinski definition) is 3. The van der Waals surface area contributed by atoms with E-state index in [4.69, 9.17) is 0 Å². The van der Waals surface area contributed by atoms with Crippen molar-refractivity contribution in [2.45, 2.75) is 57.8 Å². The van der Waals surface area contributed by atoms with Crippen molar-refractivity contribution in [3.05, 3.63) is 75.7 Å². The minimum Gasteiger partial charge on any atom is -0.285 e. The van der Waals surface area contributed by atoms with E-state index in [1.165, 1.54) is 17.7 Å². The molecular formula is C24H31N3O3S. The first kappa shape index (κ1) is 22.9. The van der Waals surface area contributed by atoms with Crippen molar-refractivity contribution in [1.29, 1.82) is 0 Å². The van der Waals surface area contributed by atoms with E-state index in [1.807, 2.05) is 40.0 Å². The second-order valence-corrected chi connectivity index (χ2v) is 10.0. The van der Waals surface area contributed by atoms with Gasteiger partial charge in [-0.1, -0.05) is 39.8 Å². The van der Waals surface area contributed by atoms with Crippen LogP contribution >= 0.6 is 0 Å². The van der Waals surface area contributed by atoms with E-state index in [0.29, 0.717) is 17.3 Å². The first-order valence-electron chi connectivity index (χ1n) is 10.6. The molecule has 1 atom stereocenters. The third kappa shape index (κ3) is 4.46. The van der Waals surface area contributed by atoms with E-state index in [9.17, 15) is 13.2 Å². The van der Waals surface area contributed by atoms with E-state index < -0.39 is 10.0 Å². The average molecular weight is 442 g/mol. The molecule has 0 radical (unpaired) electrons. The van der Waals surface area contributed by atoms with Gasteiger partial charge in [-0.2, -0.15) is 0 Å². The quantitative estimate of drug-likeness (QED) is 0.565. The molecule has 1 aromatic heterocycles. The predicted octanol–water partition coefficient (Wildman–Crippen LogP) is 4.92. The number of benzene rings is 2. The standard InChI is InChI=1S/C24H31N3O3S/c1-7-17(4)19-8-10-20(11-9-19)25-31(29,30)22-14-12-21(13-15-22)27-24(28)23(16(2)3)18(5)26(27)6/h8-17,25H,7H2,1-6H3. The van der Waals surface area contributed by atoms with Gasteiger partial charge in [0.1, 0.15) is 0 Å². The predicted molar refractivity (Wildman–Crippen MR) is 126 cm³/mol. The number of nitrogens with one attached hydrogen (secondary N) is 1. The fourth-order valence-electron chi connectivity index (χ4n) is 3.78. The van der Waals surface area contributed by atoms with E-state index in [1.54, 1.807) is 33.6 Å². The van der Waals surface area contributed by atoms with Gasteiger partial charge in [-0.15, -0.1) is 0 Å². The van der Waals surface area contributed by atoms with Crippen molar-refractivity contribution in [2.75, 3.05) is 4.72 Å². The first-order chi connectivity index (χ1) is 14.6. The number of nitrogens with zero attached hydrogens (tertiary/aromatic N) is 2. The summed E-state index contributed by atoms with van der Waals surface area (Å²) in [6, 6.07) is 13.8. The Hall–Kier alpha value is -2.80.